The van der Waals surface area contributed by atoms with Crippen molar-refractivity contribution in [3.8, 4) is 0 Å². The number of methoxy groups -OCH3 is 1. The third-order valence-corrected chi connectivity index (χ3v) is 4.89. The molecular formula is C15H21Cl2N3O4. The Hall–Kier alpha value is -1.44. The molecule has 0 bridgehead atoms. The van der Waals surface area contributed by atoms with Crippen molar-refractivity contribution in [2.24, 2.45) is 0 Å². The molecule has 1 aliphatic rings. The van der Waals surface area contributed by atoms with Crippen LogP contribution >= 0.6 is 23.2 Å². The number of likely N-dealkylation sites (tertiary alicyclic amines) is 1. The van der Waals surface area contributed by atoms with E-state index >= 15 is 0 Å². The van der Waals surface area contributed by atoms with Crippen LogP contribution in [0.1, 0.15) is 29.4 Å². The molecule has 0 spiro atoms. The standard InChI is InChI=1S/C15H21Cl2N3O4/c1-4-24-15(22)20-6-5-9(10(7-20)23-3)18-14(21)12-11(16)8(2)13(17)19-12/h9-10,19H,4-7H2,1-3H3,(H,18,21)/t9-,10+/m1/s1. The van der Waals surface area contributed by atoms with E-state index in [1.54, 1.807) is 25.9 Å². The van der Waals surface area contributed by atoms with Crippen LogP contribution in [0.15, 0.2) is 0 Å². The fraction of sp³-hybridized carbons (Fsp3) is 0.600. The van der Waals surface area contributed by atoms with Gasteiger partial charge in [-0.15, -0.1) is 0 Å². The smallest absolute Gasteiger partial charge is 0.409 e. The second-order valence-corrected chi connectivity index (χ2v) is 6.30. The molecule has 1 saturated heterocycles. The van der Waals surface area contributed by atoms with E-state index in [-0.39, 0.29) is 29.8 Å². The van der Waals surface area contributed by atoms with E-state index in [0.29, 0.717) is 41.9 Å². The maximum absolute atomic E-state index is 12.4. The van der Waals surface area contributed by atoms with Crippen LogP contribution in [0.3, 0.4) is 0 Å². The molecule has 1 aliphatic heterocycles. The molecule has 0 saturated carbocycles. The normalized spacial score (nSPS) is 20.8. The molecule has 0 aromatic carbocycles. The van der Waals surface area contributed by atoms with Crippen molar-refractivity contribution in [1.82, 2.24) is 15.2 Å². The summed E-state index contributed by atoms with van der Waals surface area (Å²) in [6.45, 7) is 4.62. The molecule has 1 fully saturated rings. The zero-order valence-electron chi connectivity index (χ0n) is 13.8. The number of H-pyrrole nitrogens is 1. The number of carbonyl (C=O) groups excluding carboxylic acids is 2. The molecule has 2 amide bonds. The second-order valence-electron chi connectivity index (χ2n) is 5.54. The molecule has 0 unspecified atom stereocenters. The van der Waals surface area contributed by atoms with Gasteiger partial charge in [0.05, 0.1) is 30.3 Å². The number of nitrogens with one attached hydrogen (secondary N) is 2. The third kappa shape index (κ3) is 3.96. The summed E-state index contributed by atoms with van der Waals surface area (Å²) in [5.74, 6) is -0.355. The van der Waals surface area contributed by atoms with Crippen molar-refractivity contribution in [1.29, 1.82) is 0 Å². The fourth-order valence-corrected chi connectivity index (χ4v) is 3.11. The van der Waals surface area contributed by atoms with E-state index in [2.05, 4.69) is 10.3 Å². The van der Waals surface area contributed by atoms with Crippen molar-refractivity contribution in [2.75, 3.05) is 26.8 Å². The summed E-state index contributed by atoms with van der Waals surface area (Å²) in [5.41, 5.74) is 0.853. The van der Waals surface area contributed by atoms with Crippen molar-refractivity contribution in [2.45, 2.75) is 32.4 Å². The first kappa shape index (κ1) is 18.9. The highest BCUT2D eigenvalue weighted by Crippen LogP contribution is 2.27. The predicted molar refractivity (Wildman–Crippen MR) is 90.8 cm³/mol. The van der Waals surface area contributed by atoms with Crippen molar-refractivity contribution in [3.63, 3.8) is 0 Å². The topological polar surface area (TPSA) is 83.7 Å². The molecule has 2 N–H and O–H groups in total. The fourth-order valence-electron chi connectivity index (χ4n) is 2.64. The maximum atomic E-state index is 12.4. The summed E-state index contributed by atoms with van der Waals surface area (Å²) in [4.78, 5) is 28.6. The number of halogens is 2. The highest BCUT2D eigenvalue weighted by Gasteiger charge is 2.34. The molecule has 2 atom stereocenters. The number of aromatic nitrogens is 1. The molecule has 1 aromatic rings. The monoisotopic (exact) mass is 377 g/mol. The van der Waals surface area contributed by atoms with Crippen LogP contribution < -0.4 is 5.32 Å². The van der Waals surface area contributed by atoms with Gasteiger partial charge in [0.25, 0.3) is 5.91 Å². The molecule has 0 aliphatic carbocycles. The van der Waals surface area contributed by atoms with Gasteiger partial charge in [-0.25, -0.2) is 4.79 Å². The summed E-state index contributed by atoms with van der Waals surface area (Å²) in [6, 6.07) is -0.244. The number of rotatable bonds is 4. The Labute approximate surface area is 150 Å². The number of piperidine rings is 1. The Morgan fingerprint density at radius 2 is 2.12 bits per heavy atom. The lowest BCUT2D eigenvalue weighted by molar-refractivity contribution is 0.00450. The lowest BCUT2D eigenvalue weighted by atomic mass is 10.0. The minimum atomic E-state index is -0.376. The van der Waals surface area contributed by atoms with Gasteiger partial charge in [0.15, 0.2) is 0 Å². The first-order valence-electron chi connectivity index (χ1n) is 7.67. The van der Waals surface area contributed by atoms with Crippen LogP contribution in [0, 0.1) is 6.92 Å². The summed E-state index contributed by atoms with van der Waals surface area (Å²) < 4.78 is 10.4. The van der Waals surface area contributed by atoms with Crippen LogP contribution in [0.25, 0.3) is 0 Å². The lowest BCUT2D eigenvalue weighted by Crippen LogP contribution is -2.56. The highest BCUT2D eigenvalue weighted by molar-refractivity contribution is 6.38. The first-order chi connectivity index (χ1) is 11.4. The van der Waals surface area contributed by atoms with Crippen LogP contribution in [-0.4, -0.2) is 60.8 Å². The van der Waals surface area contributed by atoms with Gasteiger partial charge >= 0.3 is 6.09 Å². The van der Waals surface area contributed by atoms with E-state index in [4.69, 9.17) is 32.7 Å². The molecule has 9 heteroatoms. The Kier molecular flexibility index (Phi) is 6.37. The summed E-state index contributed by atoms with van der Waals surface area (Å²) >= 11 is 12.1. The van der Waals surface area contributed by atoms with E-state index < -0.39 is 0 Å². The number of aromatic amines is 1. The predicted octanol–water partition coefficient (Wildman–Crippen LogP) is 2.61. The van der Waals surface area contributed by atoms with Gasteiger partial charge in [0, 0.05) is 19.2 Å². The van der Waals surface area contributed by atoms with E-state index in [1.807, 2.05) is 0 Å². The Balaban J connectivity index is 2.03. The molecular weight excluding hydrogens is 357 g/mol. The van der Waals surface area contributed by atoms with E-state index in [9.17, 15) is 9.59 Å². The largest absolute Gasteiger partial charge is 0.450 e. The zero-order chi connectivity index (χ0) is 17.9. The average Bonchev–Trinajstić information content (AvgIpc) is 2.83. The molecule has 0 radical (unpaired) electrons. The SMILES string of the molecule is CCOC(=O)N1CC[C@@H](NC(=O)c2[nH]c(Cl)c(C)c2Cl)[C@@H](OC)C1. The zero-order valence-corrected chi connectivity index (χ0v) is 15.3. The van der Waals surface area contributed by atoms with Gasteiger partial charge in [-0.2, -0.15) is 0 Å². The summed E-state index contributed by atoms with van der Waals surface area (Å²) in [5, 5.41) is 3.53. The summed E-state index contributed by atoms with van der Waals surface area (Å²) in [7, 11) is 1.54. The molecule has 134 valence electrons. The minimum absolute atomic E-state index is 0.224. The number of hydrogen-bond acceptors (Lipinski definition) is 4. The van der Waals surface area contributed by atoms with Crippen LogP contribution in [0.2, 0.25) is 10.2 Å². The quantitative estimate of drug-likeness (QED) is 0.844. The lowest BCUT2D eigenvalue weighted by Gasteiger charge is -2.37. The highest BCUT2D eigenvalue weighted by atomic mass is 35.5. The molecule has 1 aromatic heterocycles. The number of nitrogens with zero attached hydrogens (tertiary/aromatic N) is 1. The third-order valence-electron chi connectivity index (χ3n) is 4.04. The van der Waals surface area contributed by atoms with Crippen LogP contribution in [0.5, 0.6) is 0 Å². The minimum Gasteiger partial charge on any atom is -0.450 e. The molecule has 7 nitrogen and oxygen atoms in total. The van der Waals surface area contributed by atoms with Gasteiger partial charge in [-0.05, 0) is 20.3 Å². The summed E-state index contributed by atoms with van der Waals surface area (Å²) in [6.07, 6.45) is -0.162. The Morgan fingerprint density at radius 3 is 2.67 bits per heavy atom. The number of ether oxygens (including phenoxy) is 2. The first-order valence-corrected chi connectivity index (χ1v) is 8.43. The molecule has 2 heterocycles. The van der Waals surface area contributed by atoms with Gasteiger partial charge in [-0.3, -0.25) is 4.79 Å². The average molecular weight is 378 g/mol. The van der Waals surface area contributed by atoms with Gasteiger partial charge < -0.3 is 24.7 Å². The van der Waals surface area contributed by atoms with Crippen LogP contribution in [0.4, 0.5) is 4.79 Å². The van der Waals surface area contributed by atoms with Crippen molar-refractivity contribution >= 4 is 35.2 Å². The molecule has 2 rings (SSSR count). The molecule has 24 heavy (non-hydrogen) atoms. The number of carbonyl (C=O) groups is 2. The Morgan fingerprint density at radius 1 is 1.42 bits per heavy atom. The van der Waals surface area contributed by atoms with Crippen molar-refractivity contribution < 1.29 is 19.1 Å². The second kappa shape index (κ2) is 8.09. The number of hydrogen-bond donors (Lipinski definition) is 2. The van der Waals surface area contributed by atoms with E-state index in [1.165, 1.54) is 0 Å². The Bertz CT molecular complexity index is 620. The van der Waals surface area contributed by atoms with Gasteiger partial charge in [-0.1, -0.05) is 23.2 Å². The van der Waals surface area contributed by atoms with E-state index in [0.717, 1.165) is 0 Å². The number of amides is 2. The van der Waals surface area contributed by atoms with Gasteiger partial charge in [0.2, 0.25) is 0 Å². The van der Waals surface area contributed by atoms with Crippen LogP contribution in [-0.2, 0) is 9.47 Å². The maximum Gasteiger partial charge on any atom is 0.409 e. The van der Waals surface area contributed by atoms with Crippen molar-refractivity contribution in [3.05, 3.63) is 21.4 Å². The van der Waals surface area contributed by atoms with Gasteiger partial charge in [0.1, 0.15) is 10.8 Å².